The molecule has 0 bridgehead atoms. The fourth-order valence-electron chi connectivity index (χ4n) is 1.40. The largest absolute Gasteiger partial charge is 0.494 e. The number of pyridine rings is 1. The topological polar surface area (TPSA) is 42.2 Å². The van der Waals surface area contributed by atoms with Crippen LogP contribution in [0.4, 0.5) is 0 Å². The fourth-order valence-corrected chi connectivity index (χ4v) is 1.40. The molecule has 3 heteroatoms. The summed E-state index contributed by atoms with van der Waals surface area (Å²) in [5, 5.41) is 9.65. The molecule has 0 unspecified atom stereocenters. The number of nitrogens with zero attached hydrogens (tertiary/aromatic N) is 1. The molecule has 0 amide bonds. The summed E-state index contributed by atoms with van der Waals surface area (Å²) >= 11 is 0. The lowest BCUT2D eigenvalue weighted by Crippen LogP contribution is -2.23. The smallest absolute Gasteiger partial charge is 0.256 e. The van der Waals surface area contributed by atoms with Crippen molar-refractivity contribution < 1.29 is 5.11 Å². The SMILES string of the molecule is CCn1c(O)c(C)c(C)c(C)c1=O. The van der Waals surface area contributed by atoms with Crippen LogP contribution in [0.1, 0.15) is 23.6 Å². The molecule has 0 atom stereocenters. The van der Waals surface area contributed by atoms with Crippen molar-refractivity contribution in [2.24, 2.45) is 0 Å². The van der Waals surface area contributed by atoms with Gasteiger partial charge in [0.1, 0.15) is 0 Å². The van der Waals surface area contributed by atoms with Gasteiger partial charge in [-0.15, -0.1) is 0 Å². The molecular weight excluding hydrogens is 166 g/mol. The van der Waals surface area contributed by atoms with Crippen molar-refractivity contribution in [3.63, 3.8) is 0 Å². The van der Waals surface area contributed by atoms with Crippen molar-refractivity contribution in [3.05, 3.63) is 27.0 Å². The van der Waals surface area contributed by atoms with Crippen LogP contribution in [0.5, 0.6) is 5.88 Å². The summed E-state index contributed by atoms with van der Waals surface area (Å²) in [6, 6.07) is 0. The molecule has 13 heavy (non-hydrogen) atoms. The van der Waals surface area contributed by atoms with E-state index in [2.05, 4.69) is 0 Å². The maximum absolute atomic E-state index is 11.6. The van der Waals surface area contributed by atoms with Gasteiger partial charge in [-0.2, -0.15) is 0 Å². The quantitative estimate of drug-likeness (QED) is 0.713. The van der Waals surface area contributed by atoms with Gasteiger partial charge in [-0.1, -0.05) is 0 Å². The fraction of sp³-hybridized carbons (Fsp3) is 0.500. The zero-order valence-corrected chi connectivity index (χ0v) is 8.51. The van der Waals surface area contributed by atoms with Crippen molar-refractivity contribution in [2.45, 2.75) is 34.2 Å². The summed E-state index contributed by atoms with van der Waals surface area (Å²) in [6.07, 6.45) is 0. The summed E-state index contributed by atoms with van der Waals surface area (Å²) in [4.78, 5) is 11.6. The minimum atomic E-state index is -0.0944. The summed E-state index contributed by atoms with van der Waals surface area (Å²) in [5.41, 5.74) is 2.30. The second kappa shape index (κ2) is 3.24. The Hall–Kier alpha value is -1.25. The molecule has 0 radical (unpaired) electrons. The molecule has 0 aliphatic heterocycles. The van der Waals surface area contributed by atoms with Gasteiger partial charge in [-0.25, -0.2) is 0 Å². The number of rotatable bonds is 1. The molecule has 72 valence electrons. The number of hydrogen-bond donors (Lipinski definition) is 1. The van der Waals surface area contributed by atoms with Gasteiger partial charge in [-0.3, -0.25) is 9.36 Å². The Labute approximate surface area is 77.6 Å². The molecule has 0 saturated heterocycles. The Morgan fingerprint density at radius 3 is 2.15 bits per heavy atom. The van der Waals surface area contributed by atoms with Crippen molar-refractivity contribution in [1.29, 1.82) is 0 Å². The predicted molar refractivity (Wildman–Crippen MR) is 52.3 cm³/mol. The first kappa shape index (κ1) is 9.84. The standard InChI is InChI=1S/C10H15NO2/c1-5-11-9(12)7(3)6(2)8(4)10(11)13/h12H,5H2,1-4H3. The summed E-state index contributed by atoms with van der Waals surface area (Å²) in [5.74, 6) is 0.0931. The minimum Gasteiger partial charge on any atom is -0.494 e. The van der Waals surface area contributed by atoms with Gasteiger partial charge in [0.05, 0.1) is 0 Å². The van der Waals surface area contributed by atoms with E-state index in [1.165, 1.54) is 4.57 Å². The van der Waals surface area contributed by atoms with Crippen LogP contribution in [0.3, 0.4) is 0 Å². The predicted octanol–water partition coefficient (Wildman–Crippen LogP) is 1.50. The molecule has 0 aliphatic rings. The third-order valence-corrected chi connectivity index (χ3v) is 2.60. The van der Waals surface area contributed by atoms with Crippen LogP contribution in [0.2, 0.25) is 0 Å². The van der Waals surface area contributed by atoms with Gasteiger partial charge in [0, 0.05) is 17.7 Å². The highest BCUT2D eigenvalue weighted by Gasteiger charge is 2.11. The maximum atomic E-state index is 11.6. The number of aromatic nitrogens is 1. The van der Waals surface area contributed by atoms with Crippen LogP contribution in [-0.2, 0) is 6.54 Å². The molecular formula is C10H15NO2. The van der Waals surface area contributed by atoms with E-state index in [1.807, 2.05) is 20.8 Å². The van der Waals surface area contributed by atoms with E-state index in [1.54, 1.807) is 6.92 Å². The van der Waals surface area contributed by atoms with Gasteiger partial charge < -0.3 is 5.11 Å². The van der Waals surface area contributed by atoms with E-state index in [-0.39, 0.29) is 11.4 Å². The van der Waals surface area contributed by atoms with Crippen molar-refractivity contribution >= 4 is 0 Å². The number of aromatic hydroxyl groups is 1. The van der Waals surface area contributed by atoms with Crippen molar-refractivity contribution in [2.75, 3.05) is 0 Å². The van der Waals surface area contributed by atoms with Crippen LogP contribution in [-0.4, -0.2) is 9.67 Å². The van der Waals surface area contributed by atoms with E-state index in [4.69, 9.17) is 0 Å². The van der Waals surface area contributed by atoms with Crippen LogP contribution in [0.15, 0.2) is 4.79 Å². The van der Waals surface area contributed by atoms with Crippen LogP contribution in [0.25, 0.3) is 0 Å². The van der Waals surface area contributed by atoms with Gasteiger partial charge in [0.2, 0.25) is 0 Å². The first-order chi connectivity index (χ1) is 6.00. The molecule has 0 saturated carbocycles. The van der Waals surface area contributed by atoms with Gasteiger partial charge in [0.15, 0.2) is 5.88 Å². The normalized spacial score (nSPS) is 10.5. The van der Waals surface area contributed by atoms with Gasteiger partial charge in [-0.05, 0) is 33.3 Å². The summed E-state index contributed by atoms with van der Waals surface area (Å²) < 4.78 is 1.39. The van der Waals surface area contributed by atoms with E-state index in [0.29, 0.717) is 6.54 Å². The highest BCUT2D eigenvalue weighted by molar-refractivity contribution is 5.37. The van der Waals surface area contributed by atoms with E-state index in [0.717, 1.165) is 16.7 Å². The molecule has 0 fully saturated rings. The first-order valence-electron chi connectivity index (χ1n) is 4.40. The van der Waals surface area contributed by atoms with Crippen LogP contribution in [0, 0.1) is 20.8 Å². The van der Waals surface area contributed by atoms with E-state index in [9.17, 15) is 9.90 Å². The molecule has 1 aromatic heterocycles. The Morgan fingerprint density at radius 1 is 1.15 bits per heavy atom. The lowest BCUT2D eigenvalue weighted by Gasteiger charge is -2.12. The molecule has 1 aromatic rings. The second-order valence-electron chi connectivity index (χ2n) is 3.25. The van der Waals surface area contributed by atoms with E-state index >= 15 is 0 Å². The Morgan fingerprint density at radius 2 is 1.69 bits per heavy atom. The highest BCUT2D eigenvalue weighted by Crippen LogP contribution is 2.19. The van der Waals surface area contributed by atoms with Gasteiger partial charge >= 0.3 is 0 Å². The lowest BCUT2D eigenvalue weighted by molar-refractivity contribution is 0.405. The Bertz CT molecular complexity index is 391. The average Bonchev–Trinajstić information content (AvgIpc) is 2.13. The minimum absolute atomic E-state index is 0.0931. The number of hydrogen-bond acceptors (Lipinski definition) is 2. The first-order valence-corrected chi connectivity index (χ1v) is 4.40. The zero-order chi connectivity index (χ0) is 10.2. The summed E-state index contributed by atoms with van der Waals surface area (Å²) in [6.45, 7) is 7.81. The third kappa shape index (κ3) is 1.34. The lowest BCUT2D eigenvalue weighted by atomic mass is 10.1. The maximum Gasteiger partial charge on any atom is 0.256 e. The molecule has 1 rings (SSSR count). The Kier molecular flexibility index (Phi) is 2.45. The molecule has 0 aliphatic carbocycles. The Balaban J connectivity index is 3.67. The molecule has 1 N–H and O–H groups in total. The van der Waals surface area contributed by atoms with Gasteiger partial charge in [0.25, 0.3) is 5.56 Å². The third-order valence-electron chi connectivity index (χ3n) is 2.60. The second-order valence-corrected chi connectivity index (χ2v) is 3.25. The molecule has 0 aromatic carbocycles. The van der Waals surface area contributed by atoms with Crippen LogP contribution < -0.4 is 5.56 Å². The molecule has 3 nitrogen and oxygen atoms in total. The summed E-state index contributed by atoms with van der Waals surface area (Å²) in [7, 11) is 0. The monoisotopic (exact) mass is 181 g/mol. The molecule has 1 heterocycles. The van der Waals surface area contributed by atoms with E-state index < -0.39 is 0 Å². The van der Waals surface area contributed by atoms with Crippen molar-refractivity contribution in [1.82, 2.24) is 4.57 Å². The highest BCUT2D eigenvalue weighted by atomic mass is 16.3. The zero-order valence-electron chi connectivity index (χ0n) is 8.51. The average molecular weight is 181 g/mol. The molecule has 0 spiro atoms. The van der Waals surface area contributed by atoms with Crippen molar-refractivity contribution in [3.8, 4) is 5.88 Å². The van der Waals surface area contributed by atoms with Crippen LogP contribution >= 0.6 is 0 Å².